The Morgan fingerprint density at radius 2 is 1.97 bits per heavy atom. The molecule has 1 atom stereocenters. The van der Waals surface area contributed by atoms with E-state index < -0.39 is 12.0 Å². The van der Waals surface area contributed by atoms with Gasteiger partial charge in [-0.3, -0.25) is 0 Å². The molecule has 0 unspecified atom stereocenters. The Hall–Kier alpha value is -2.35. The molecule has 0 radical (unpaired) electrons. The highest BCUT2D eigenvalue weighted by Crippen LogP contribution is 2.34. The lowest BCUT2D eigenvalue weighted by Crippen LogP contribution is -2.52. The summed E-state index contributed by atoms with van der Waals surface area (Å²) in [6.07, 6.45) is 6.80. The number of nitrogens with one attached hydrogen (secondary N) is 2. The Labute approximate surface area is 197 Å². The fraction of sp³-hybridized carbons (Fsp3) is 0.720. The molecule has 0 bridgehead atoms. The number of carboxylic acid groups (broad SMARTS) is 1. The van der Waals surface area contributed by atoms with Gasteiger partial charge in [-0.1, -0.05) is 6.07 Å². The van der Waals surface area contributed by atoms with Crippen molar-refractivity contribution in [1.82, 2.24) is 15.2 Å². The fourth-order valence-electron chi connectivity index (χ4n) is 4.81. The van der Waals surface area contributed by atoms with E-state index in [-0.39, 0.29) is 30.6 Å². The molecular weight excluding hydrogens is 420 g/mol. The summed E-state index contributed by atoms with van der Waals surface area (Å²) in [5.74, 6) is 0.651. The minimum atomic E-state index is -1.03. The summed E-state index contributed by atoms with van der Waals surface area (Å²) < 4.78 is 5.90. The SMILES string of the molecule is CC(C)N(C(=O)N[C@@H](CCO[C@H]1C[C@H](CCc2ccc3c(n2)NCCC3)C1)C(=O)O)C(C)C. The second kappa shape index (κ2) is 11.7. The van der Waals surface area contributed by atoms with Crippen LogP contribution in [0.5, 0.6) is 0 Å². The number of urea groups is 1. The van der Waals surface area contributed by atoms with Crippen molar-refractivity contribution in [3.8, 4) is 0 Å². The van der Waals surface area contributed by atoms with Crippen LogP contribution in [0.15, 0.2) is 12.1 Å². The van der Waals surface area contributed by atoms with E-state index in [1.54, 1.807) is 4.90 Å². The number of amides is 2. The van der Waals surface area contributed by atoms with Crippen LogP contribution in [-0.2, 0) is 22.4 Å². The van der Waals surface area contributed by atoms with Crippen LogP contribution in [0.2, 0.25) is 0 Å². The second-order valence-corrected chi connectivity index (χ2v) is 9.93. The summed E-state index contributed by atoms with van der Waals surface area (Å²) in [4.78, 5) is 30.6. The highest BCUT2D eigenvalue weighted by molar-refractivity contribution is 5.82. The normalized spacial score (nSPS) is 20.5. The zero-order valence-corrected chi connectivity index (χ0v) is 20.5. The Balaban J connectivity index is 1.35. The zero-order valence-electron chi connectivity index (χ0n) is 20.5. The minimum absolute atomic E-state index is 0.00428. The van der Waals surface area contributed by atoms with Crippen LogP contribution in [0.3, 0.4) is 0 Å². The summed E-state index contributed by atoms with van der Waals surface area (Å²) in [6, 6.07) is 3.05. The molecule has 3 rings (SSSR count). The van der Waals surface area contributed by atoms with Gasteiger partial charge in [-0.15, -0.1) is 0 Å². The number of ether oxygens (including phenoxy) is 1. The maximum atomic E-state index is 12.5. The molecule has 1 aliphatic carbocycles. The first-order valence-electron chi connectivity index (χ1n) is 12.4. The molecule has 1 aliphatic heterocycles. The number of carboxylic acids is 1. The molecular formula is C25H40N4O4. The average Bonchev–Trinajstić information content (AvgIpc) is 2.72. The van der Waals surface area contributed by atoms with Crippen LogP contribution in [0.1, 0.15) is 71.1 Å². The Morgan fingerprint density at radius 1 is 1.24 bits per heavy atom. The van der Waals surface area contributed by atoms with Gasteiger partial charge in [0.15, 0.2) is 0 Å². The van der Waals surface area contributed by atoms with Gasteiger partial charge in [-0.2, -0.15) is 0 Å². The largest absolute Gasteiger partial charge is 0.480 e. The molecule has 0 spiro atoms. The summed E-state index contributed by atoms with van der Waals surface area (Å²) >= 11 is 0. The van der Waals surface area contributed by atoms with Gasteiger partial charge in [0.2, 0.25) is 0 Å². The van der Waals surface area contributed by atoms with E-state index in [0.29, 0.717) is 12.5 Å². The van der Waals surface area contributed by atoms with Gasteiger partial charge < -0.3 is 25.4 Å². The highest BCUT2D eigenvalue weighted by Gasteiger charge is 2.31. The second-order valence-electron chi connectivity index (χ2n) is 9.93. The van der Waals surface area contributed by atoms with Gasteiger partial charge in [0.25, 0.3) is 0 Å². The molecule has 8 heteroatoms. The lowest BCUT2D eigenvalue weighted by molar-refractivity contribution is -0.140. The third-order valence-corrected chi connectivity index (χ3v) is 6.66. The Kier molecular flexibility index (Phi) is 8.95. The van der Waals surface area contributed by atoms with Crippen molar-refractivity contribution in [2.45, 2.75) is 96.9 Å². The van der Waals surface area contributed by atoms with Gasteiger partial charge >= 0.3 is 12.0 Å². The van der Waals surface area contributed by atoms with E-state index in [4.69, 9.17) is 9.72 Å². The molecule has 1 aromatic rings. The Bertz CT molecular complexity index is 800. The third kappa shape index (κ3) is 7.06. The third-order valence-electron chi connectivity index (χ3n) is 6.66. The molecule has 2 aliphatic rings. The lowest BCUT2D eigenvalue weighted by atomic mass is 9.79. The van der Waals surface area contributed by atoms with Crippen LogP contribution in [0.4, 0.5) is 10.6 Å². The maximum absolute atomic E-state index is 12.5. The number of carbonyl (C=O) groups excluding carboxylic acids is 1. The smallest absolute Gasteiger partial charge is 0.326 e. The van der Waals surface area contributed by atoms with Gasteiger partial charge in [0.05, 0.1) is 6.10 Å². The number of aliphatic carboxylic acids is 1. The average molecular weight is 461 g/mol. The number of hydrogen-bond donors (Lipinski definition) is 3. The van der Waals surface area contributed by atoms with Crippen molar-refractivity contribution in [2.75, 3.05) is 18.5 Å². The zero-order chi connectivity index (χ0) is 24.0. The molecule has 1 fully saturated rings. The molecule has 1 aromatic heterocycles. The Morgan fingerprint density at radius 3 is 2.64 bits per heavy atom. The predicted octanol–water partition coefficient (Wildman–Crippen LogP) is 3.84. The molecule has 2 heterocycles. The van der Waals surface area contributed by atoms with E-state index >= 15 is 0 Å². The van der Waals surface area contributed by atoms with Crippen LogP contribution in [0, 0.1) is 5.92 Å². The number of anilines is 1. The van der Waals surface area contributed by atoms with E-state index in [2.05, 4.69) is 22.8 Å². The first-order chi connectivity index (χ1) is 15.7. The minimum Gasteiger partial charge on any atom is -0.480 e. The van der Waals surface area contributed by atoms with Gasteiger partial charge in [0.1, 0.15) is 11.9 Å². The molecule has 3 N–H and O–H groups in total. The molecule has 0 aromatic carbocycles. The molecule has 0 saturated heterocycles. The first kappa shape index (κ1) is 25.3. The lowest BCUT2D eigenvalue weighted by Gasteiger charge is -2.35. The number of fused-ring (bicyclic) bond motifs is 1. The van der Waals surface area contributed by atoms with Crippen LogP contribution < -0.4 is 10.6 Å². The van der Waals surface area contributed by atoms with Gasteiger partial charge in [-0.05, 0) is 83.8 Å². The van der Waals surface area contributed by atoms with E-state index in [1.165, 1.54) is 12.0 Å². The fourth-order valence-corrected chi connectivity index (χ4v) is 4.81. The van der Waals surface area contributed by atoms with Crippen LogP contribution >= 0.6 is 0 Å². The van der Waals surface area contributed by atoms with E-state index in [0.717, 1.165) is 50.2 Å². The van der Waals surface area contributed by atoms with E-state index in [9.17, 15) is 14.7 Å². The van der Waals surface area contributed by atoms with Crippen molar-refractivity contribution in [3.63, 3.8) is 0 Å². The van der Waals surface area contributed by atoms with Crippen LogP contribution in [0.25, 0.3) is 0 Å². The number of aromatic nitrogens is 1. The highest BCUT2D eigenvalue weighted by atomic mass is 16.5. The monoisotopic (exact) mass is 460 g/mol. The number of hydrogen-bond acceptors (Lipinski definition) is 5. The van der Waals surface area contributed by atoms with Crippen molar-refractivity contribution < 1.29 is 19.4 Å². The van der Waals surface area contributed by atoms with Crippen molar-refractivity contribution in [2.24, 2.45) is 5.92 Å². The van der Waals surface area contributed by atoms with E-state index in [1.807, 2.05) is 27.7 Å². The maximum Gasteiger partial charge on any atom is 0.326 e. The molecule has 33 heavy (non-hydrogen) atoms. The number of carbonyl (C=O) groups is 2. The van der Waals surface area contributed by atoms with Gasteiger partial charge in [0, 0.05) is 37.4 Å². The first-order valence-corrected chi connectivity index (χ1v) is 12.4. The molecule has 184 valence electrons. The summed E-state index contributed by atoms with van der Waals surface area (Å²) in [5.41, 5.74) is 2.46. The number of rotatable bonds is 11. The quantitative estimate of drug-likeness (QED) is 0.464. The number of nitrogens with zero attached hydrogens (tertiary/aromatic N) is 2. The summed E-state index contributed by atoms with van der Waals surface area (Å²) in [7, 11) is 0. The number of aryl methyl sites for hydroxylation is 2. The summed E-state index contributed by atoms with van der Waals surface area (Å²) in [6.45, 7) is 9.02. The summed E-state index contributed by atoms with van der Waals surface area (Å²) in [5, 5.41) is 15.6. The van der Waals surface area contributed by atoms with Crippen molar-refractivity contribution in [1.29, 1.82) is 0 Å². The molecule has 1 saturated carbocycles. The topological polar surface area (TPSA) is 104 Å². The van der Waals surface area contributed by atoms with Crippen LogP contribution in [-0.4, -0.2) is 64.4 Å². The van der Waals surface area contributed by atoms with Crippen molar-refractivity contribution >= 4 is 17.8 Å². The molecule has 2 amide bonds. The molecule has 8 nitrogen and oxygen atoms in total. The predicted molar refractivity (Wildman–Crippen MR) is 129 cm³/mol. The van der Waals surface area contributed by atoms with Gasteiger partial charge in [-0.25, -0.2) is 14.6 Å². The van der Waals surface area contributed by atoms with Crippen molar-refractivity contribution in [3.05, 3.63) is 23.4 Å². The standard InChI is InChI=1S/C25H40N4O4/c1-16(2)29(17(3)4)25(32)28-22(24(30)31)11-13-33-21-14-18(15-21)7-9-20-10-8-19-6-5-12-26-23(19)27-20/h8,10,16-18,21-22H,5-7,9,11-15H2,1-4H3,(H,26,27)(H,28,32)(H,30,31)/t18-,21-,22-/m0/s1. The number of pyridine rings is 1.